The van der Waals surface area contributed by atoms with Crippen molar-refractivity contribution in [3.63, 3.8) is 0 Å². The molecule has 0 spiro atoms. The minimum Gasteiger partial charge on any atom is -0.309 e. The Morgan fingerprint density at radius 1 is 1.33 bits per heavy atom. The fourth-order valence-corrected chi connectivity index (χ4v) is 1.81. The van der Waals surface area contributed by atoms with Gasteiger partial charge in [0.05, 0.1) is 5.69 Å². The molecule has 1 atom stereocenters. The Kier molecular flexibility index (Phi) is 5.26. The minimum atomic E-state index is 0.551. The van der Waals surface area contributed by atoms with Crippen molar-refractivity contribution >= 4 is 15.9 Å². The van der Waals surface area contributed by atoms with Crippen LogP contribution in [-0.4, -0.2) is 11.0 Å². The quantitative estimate of drug-likeness (QED) is 0.888. The molecule has 1 unspecified atom stereocenters. The molecule has 0 aliphatic heterocycles. The molecule has 2 nitrogen and oxygen atoms in total. The summed E-state index contributed by atoms with van der Waals surface area (Å²) in [5.74, 6) is 0.741. The first-order valence-corrected chi connectivity index (χ1v) is 6.21. The zero-order valence-electron chi connectivity index (χ0n) is 9.63. The molecule has 0 amide bonds. The molecule has 3 heteroatoms. The minimum absolute atomic E-state index is 0.551. The first-order chi connectivity index (χ1) is 7.08. The third kappa shape index (κ3) is 5.28. The largest absolute Gasteiger partial charge is 0.309 e. The van der Waals surface area contributed by atoms with Gasteiger partial charge in [-0.25, -0.2) is 0 Å². The van der Waals surface area contributed by atoms with Crippen molar-refractivity contribution in [1.82, 2.24) is 10.3 Å². The lowest BCUT2D eigenvalue weighted by Gasteiger charge is -2.15. The van der Waals surface area contributed by atoms with Gasteiger partial charge in [0.25, 0.3) is 0 Å². The van der Waals surface area contributed by atoms with Gasteiger partial charge in [-0.15, -0.1) is 0 Å². The van der Waals surface area contributed by atoms with Crippen molar-refractivity contribution in [2.24, 2.45) is 5.92 Å². The van der Waals surface area contributed by atoms with Crippen LogP contribution >= 0.6 is 15.9 Å². The van der Waals surface area contributed by atoms with Crippen LogP contribution in [0.2, 0.25) is 0 Å². The van der Waals surface area contributed by atoms with Crippen molar-refractivity contribution in [1.29, 1.82) is 0 Å². The molecule has 15 heavy (non-hydrogen) atoms. The Labute approximate surface area is 101 Å². The summed E-state index contributed by atoms with van der Waals surface area (Å²) >= 11 is 3.38. The van der Waals surface area contributed by atoms with E-state index < -0.39 is 0 Å². The maximum absolute atomic E-state index is 4.32. The van der Waals surface area contributed by atoms with Crippen LogP contribution in [0.1, 0.15) is 32.9 Å². The van der Waals surface area contributed by atoms with E-state index in [4.69, 9.17) is 0 Å². The summed E-state index contributed by atoms with van der Waals surface area (Å²) in [6, 6.07) is 4.62. The van der Waals surface area contributed by atoms with E-state index in [1.165, 1.54) is 6.42 Å². The highest BCUT2D eigenvalue weighted by Crippen LogP contribution is 2.08. The maximum Gasteiger partial charge on any atom is 0.0542 e. The first kappa shape index (κ1) is 12.7. The molecule has 0 saturated heterocycles. The Bertz CT molecular complexity index is 282. The lowest BCUT2D eigenvalue weighted by molar-refractivity contribution is 0.439. The monoisotopic (exact) mass is 270 g/mol. The van der Waals surface area contributed by atoms with E-state index in [-0.39, 0.29) is 0 Å². The number of pyridine rings is 1. The highest BCUT2D eigenvalue weighted by molar-refractivity contribution is 9.10. The second kappa shape index (κ2) is 6.23. The fraction of sp³-hybridized carbons (Fsp3) is 0.583. The Balaban J connectivity index is 2.33. The molecule has 0 fully saturated rings. The number of hydrogen-bond donors (Lipinski definition) is 1. The predicted octanol–water partition coefficient (Wildman–Crippen LogP) is 3.37. The Morgan fingerprint density at radius 2 is 2.07 bits per heavy atom. The average molecular weight is 271 g/mol. The van der Waals surface area contributed by atoms with Gasteiger partial charge >= 0.3 is 0 Å². The number of nitrogens with zero attached hydrogens (tertiary/aromatic N) is 1. The topological polar surface area (TPSA) is 24.9 Å². The van der Waals surface area contributed by atoms with E-state index in [9.17, 15) is 0 Å². The van der Waals surface area contributed by atoms with Crippen LogP contribution in [0.4, 0.5) is 0 Å². The van der Waals surface area contributed by atoms with Crippen molar-refractivity contribution < 1.29 is 0 Å². The van der Waals surface area contributed by atoms with Crippen molar-refractivity contribution in [3.05, 3.63) is 28.5 Å². The fourth-order valence-electron chi connectivity index (χ4n) is 1.58. The molecule has 0 radical (unpaired) electrons. The summed E-state index contributed by atoms with van der Waals surface area (Å²) in [7, 11) is 0. The van der Waals surface area contributed by atoms with Crippen LogP contribution in [0, 0.1) is 5.92 Å². The predicted molar refractivity (Wildman–Crippen MR) is 67.7 cm³/mol. The SMILES string of the molecule is CC(C)CC(C)NCc1ccc(Br)cn1. The maximum atomic E-state index is 4.32. The molecule has 0 saturated carbocycles. The molecular weight excluding hydrogens is 252 g/mol. The van der Waals surface area contributed by atoms with Gasteiger partial charge in [-0.3, -0.25) is 4.98 Å². The molecular formula is C12H19BrN2. The van der Waals surface area contributed by atoms with Gasteiger partial charge in [0.1, 0.15) is 0 Å². The molecule has 0 aliphatic rings. The van der Waals surface area contributed by atoms with Gasteiger partial charge in [0.2, 0.25) is 0 Å². The van der Waals surface area contributed by atoms with Crippen LogP contribution in [0.15, 0.2) is 22.8 Å². The van der Waals surface area contributed by atoms with E-state index in [1.807, 2.05) is 18.3 Å². The van der Waals surface area contributed by atoms with E-state index in [2.05, 4.69) is 47.0 Å². The number of rotatable bonds is 5. The summed E-state index contributed by atoms with van der Waals surface area (Å²) in [6.07, 6.45) is 3.04. The standard InChI is InChI=1S/C12H19BrN2/c1-9(2)6-10(3)14-8-12-5-4-11(13)7-15-12/h4-5,7,9-10,14H,6,8H2,1-3H3. The highest BCUT2D eigenvalue weighted by Gasteiger charge is 2.04. The van der Waals surface area contributed by atoms with Crippen molar-refractivity contribution in [2.45, 2.75) is 39.8 Å². The molecule has 84 valence electrons. The molecule has 1 N–H and O–H groups in total. The number of halogens is 1. The average Bonchev–Trinajstić information content (AvgIpc) is 2.16. The third-order valence-corrected chi connectivity index (χ3v) is 2.71. The molecule has 1 heterocycles. The molecule has 1 rings (SSSR count). The van der Waals surface area contributed by atoms with Crippen LogP contribution < -0.4 is 5.32 Å². The van der Waals surface area contributed by atoms with Crippen LogP contribution in [0.3, 0.4) is 0 Å². The lowest BCUT2D eigenvalue weighted by Crippen LogP contribution is -2.27. The van der Waals surface area contributed by atoms with E-state index in [1.54, 1.807) is 0 Å². The zero-order chi connectivity index (χ0) is 11.3. The van der Waals surface area contributed by atoms with Gasteiger partial charge in [0.15, 0.2) is 0 Å². The third-order valence-electron chi connectivity index (χ3n) is 2.25. The summed E-state index contributed by atoms with van der Waals surface area (Å²) in [5, 5.41) is 3.47. The van der Waals surface area contributed by atoms with E-state index >= 15 is 0 Å². The van der Waals surface area contributed by atoms with E-state index in [0.29, 0.717) is 6.04 Å². The van der Waals surface area contributed by atoms with Crippen LogP contribution in [-0.2, 0) is 6.54 Å². The molecule has 0 aromatic carbocycles. The number of hydrogen-bond acceptors (Lipinski definition) is 2. The smallest absolute Gasteiger partial charge is 0.0542 e. The molecule has 0 bridgehead atoms. The summed E-state index contributed by atoms with van der Waals surface area (Å²) in [4.78, 5) is 4.32. The van der Waals surface area contributed by atoms with Gasteiger partial charge in [-0.05, 0) is 47.3 Å². The molecule has 1 aromatic rings. The molecule has 1 aromatic heterocycles. The van der Waals surface area contributed by atoms with Gasteiger partial charge in [-0.2, -0.15) is 0 Å². The molecule has 0 aliphatic carbocycles. The number of aromatic nitrogens is 1. The van der Waals surface area contributed by atoms with E-state index in [0.717, 1.165) is 22.6 Å². The summed E-state index contributed by atoms with van der Waals surface area (Å²) in [5.41, 5.74) is 1.09. The summed E-state index contributed by atoms with van der Waals surface area (Å²) < 4.78 is 1.03. The second-order valence-corrected chi connectivity index (χ2v) is 5.29. The van der Waals surface area contributed by atoms with Crippen molar-refractivity contribution in [3.8, 4) is 0 Å². The Morgan fingerprint density at radius 3 is 2.60 bits per heavy atom. The zero-order valence-corrected chi connectivity index (χ0v) is 11.2. The van der Waals surface area contributed by atoms with Gasteiger partial charge in [0, 0.05) is 23.3 Å². The van der Waals surface area contributed by atoms with Crippen molar-refractivity contribution in [2.75, 3.05) is 0 Å². The van der Waals surface area contributed by atoms with Gasteiger partial charge < -0.3 is 5.32 Å². The second-order valence-electron chi connectivity index (χ2n) is 4.38. The van der Waals surface area contributed by atoms with Crippen LogP contribution in [0.5, 0.6) is 0 Å². The summed E-state index contributed by atoms with van der Waals surface area (Å²) in [6.45, 7) is 7.56. The first-order valence-electron chi connectivity index (χ1n) is 5.41. The van der Waals surface area contributed by atoms with Crippen LogP contribution in [0.25, 0.3) is 0 Å². The highest BCUT2D eigenvalue weighted by atomic mass is 79.9. The van der Waals surface area contributed by atoms with Gasteiger partial charge in [-0.1, -0.05) is 13.8 Å². The number of nitrogens with one attached hydrogen (secondary N) is 1. The Hall–Kier alpha value is -0.410. The normalized spacial score (nSPS) is 13.1. The lowest BCUT2D eigenvalue weighted by atomic mass is 10.1.